The molecule has 1 aromatic heterocycles. The third-order valence-corrected chi connectivity index (χ3v) is 3.08. The summed E-state index contributed by atoms with van der Waals surface area (Å²) in [6, 6.07) is 3.70. The van der Waals surface area contributed by atoms with Crippen LogP contribution in [0.15, 0.2) is 30.5 Å². The number of halogens is 5. The summed E-state index contributed by atoms with van der Waals surface area (Å²) in [6.07, 6.45) is -3.55. The molecule has 1 heterocycles. The second-order valence-electron chi connectivity index (χ2n) is 4.88. The van der Waals surface area contributed by atoms with Crippen LogP contribution in [-0.2, 0) is 24.1 Å². The average molecular weight is 333 g/mol. The van der Waals surface area contributed by atoms with Gasteiger partial charge < -0.3 is 4.90 Å². The number of likely N-dealkylation sites (N-methyl/N-ethyl adjacent to an activating group) is 1. The first-order valence-corrected chi connectivity index (χ1v) is 6.45. The first-order valence-electron chi connectivity index (χ1n) is 6.45. The topological polar surface area (TPSA) is 38.1 Å². The summed E-state index contributed by atoms with van der Waals surface area (Å²) in [5, 5.41) is 3.26. The van der Waals surface area contributed by atoms with Crippen LogP contribution in [0.1, 0.15) is 11.3 Å². The third kappa shape index (κ3) is 4.27. The molecule has 0 atom stereocenters. The van der Waals surface area contributed by atoms with Crippen molar-refractivity contribution in [1.82, 2.24) is 14.7 Å². The van der Waals surface area contributed by atoms with Gasteiger partial charge in [0.15, 0.2) is 5.69 Å². The number of hydrogen-bond acceptors (Lipinski definition) is 2. The highest BCUT2D eigenvalue weighted by atomic mass is 19.4. The van der Waals surface area contributed by atoms with Crippen molar-refractivity contribution in [3.63, 3.8) is 0 Å². The van der Waals surface area contributed by atoms with Gasteiger partial charge in [-0.3, -0.25) is 9.48 Å². The number of benzene rings is 1. The summed E-state index contributed by atoms with van der Waals surface area (Å²) in [6.45, 7) is -0.562. The monoisotopic (exact) mass is 333 g/mol. The van der Waals surface area contributed by atoms with Crippen molar-refractivity contribution in [1.29, 1.82) is 0 Å². The molecule has 0 fully saturated rings. The number of nitrogens with zero attached hydrogens (tertiary/aromatic N) is 3. The predicted octanol–water partition coefficient (Wildman–Crippen LogP) is 2.84. The van der Waals surface area contributed by atoms with Gasteiger partial charge in [-0.25, -0.2) is 8.78 Å². The smallest absolute Gasteiger partial charge is 0.340 e. The van der Waals surface area contributed by atoms with Crippen molar-refractivity contribution >= 4 is 5.91 Å². The zero-order valence-electron chi connectivity index (χ0n) is 11.9. The van der Waals surface area contributed by atoms with Crippen LogP contribution in [0.2, 0.25) is 0 Å². The number of aromatic nitrogens is 2. The van der Waals surface area contributed by atoms with Crippen LogP contribution in [0.5, 0.6) is 0 Å². The highest BCUT2D eigenvalue weighted by molar-refractivity contribution is 5.75. The number of carbonyl (C=O) groups is 1. The Morgan fingerprint density at radius 1 is 1.26 bits per heavy atom. The van der Waals surface area contributed by atoms with Crippen LogP contribution in [0, 0.1) is 11.6 Å². The van der Waals surface area contributed by atoms with Crippen LogP contribution < -0.4 is 0 Å². The Bertz CT molecular complexity index is 711. The Morgan fingerprint density at radius 3 is 2.52 bits per heavy atom. The molecule has 0 saturated heterocycles. The van der Waals surface area contributed by atoms with E-state index in [4.69, 9.17) is 0 Å². The molecule has 4 nitrogen and oxygen atoms in total. The fourth-order valence-electron chi connectivity index (χ4n) is 1.85. The van der Waals surface area contributed by atoms with Gasteiger partial charge in [0.2, 0.25) is 5.91 Å². The first-order chi connectivity index (χ1) is 10.7. The SMILES string of the molecule is CN(Cc1ccc(F)cc1F)C(=O)Cn1ccc(C(F)(F)F)n1. The summed E-state index contributed by atoms with van der Waals surface area (Å²) < 4.78 is 64.4. The average Bonchev–Trinajstić information content (AvgIpc) is 2.90. The fraction of sp³-hybridized carbons (Fsp3) is 0.286. The lowest BCUT2D eigenvalue weighted by molar-refractivity contribution is -0.142. The molecule has 0 saturated carbocycles. The maximum absolute atomic E-state index is 13.5. The van der Waals surface area contributed by atoms with E-state index < -0.39 is 36.0 Å². The number of carbonyl (C=O) groups excluding carboxylic acids is 1. The van der Waals surface area contributed by atoms with Gasteiger partial charge in [-0.2, -0.15) is 18.3 Å². The van der Waals surface area contributed by atoms with E-state index in [1.165, 1.54) is 13.1 Å². The molecule has 0 aliphatic carbocycles. The molecule has 1 aromatic carbocycles. The van der Waals surface area contributed by atoms with Crippen molar-refractivity contribution in [2.75, 3.05) is 7.05 Å². The standard InChI is InChI=1S/C14H12F5N3O/c1-21(7-9-2-3-10(15)6-11(9)16)13(23)8-22-5-4-12(20-22)14(17,18)19/h2-6H,7-8H2,1H3. The summed E-state index contributed by atoms with van der Waals surface area (Å²) >= 11 is 0. The van der Waals surface area contributed by atoms with Gasteiger partial charge in [0, 0.05) is 31.4 Å². The second kappa shape index (κ2) is 6.35. The van der Waals surface area contributed by atoms with Crippen LogP contribution in [-0.4, -0.2) is 27.6 Å². The molecule has 23 heavy (non-hydrogen) atoms. The highest BCUT2D eigenvalue weighted by Crippen LogP contribution is 2.27. The van der Waals surface area contributed by atoms with E-state index in [1.807, 2.05) is 0 Å². The Labute approximate surface area is 128 Å². The van der Waals surface area contributed by atoms with Gasteiger partial charge in [-0.05, 0) is 12.1 Å². The van der Waals surface area contributed by atoms with E-state index >= 15 is 0 Å². The van der Waals surface area contributed by atoms with Crippen molar-refractivity contribution in [2.24, 2.45) is 0 Å². The molecular weight excluding hydrogens is 321 g/mol. The molecule has 9 heteroatoms. The summed E-state index contributed by atoms with van der Waals surface area (Å²) in [7, 11) is 1.36. The van der Waals surface area contributed by atoms with Crippen LogP contribution in [0.4, 0.5) is 22.0 Å². The Balaban J connectivity index is 2.01. The largest absolute Gasteiger partial charge is 0.435 e. The van der Waals surface area contributed by atoms with Gasteiger partial charge in [0.25, 0.3) is 0 Å². The minimum Gasteiger partial charge on any atom is -0.340 e. The Hall–Kier alpha value is -2.45. The number of rotatable bonds is 4. The maximum Gasteiger partial charge on any atom is 0.435 e. The zero-order valence-corrected chi connectivity index (χ0v) is 11.9. The predicted molar refractivity (Wildman–Crippen MR) is 70.1 cm³/mol. The van der Waals surface area contributed by atoms with E-state index in [1.54, 1.807) is 0 Å². The molecule has 0 aliphatic heterocycles. The van der Waals surface area contributed by atoms with E-state index in [2.05, 4.69) is 5.10 Å². The summed E-state index contributed by atoms with van der Waals surface area (Å²) in [4.78, 5) is 13.1. The van der Waals surface area contributed by atoms with Crippen LogP contribution in [0.25, 0.3) is 0 Å². The Morgan fingerprint density at radius 2 is 1.96 bits per heavy atom. The van der Waals surface area contributed by atoms with Crippen molar-refractivity contribution in [2.45, 2.75) is 19.3 Å². The molecule has 2 aromatic rings. The van der Waals surface area contributed by atoms with Gasteiger partial charge in [0.1, 0.15) is 18.2 Å². The molecule has 0 bridgehead atoms. The number of alkyl halides is 3. The zero-order chi connectivity index (χ0) is 17.2. The quantitative estimate of drug-likeness (QED) is 0.807. The third-order valence-electron chi connectivity index (χ3n) is 3.08. The Kier molecular flexibility index (Phi) is 4.67. The molecule has 0 aliphatic rings. The molecule has 0 radical (unpaired) electrons. The maximum atomic E-state index is 13.5. The lowest BCUT2D eigenvalue weighted by atomic mass is 10.2. The van der Waals surface area contributed by atoms with E-state index in [0.29, 0.717) is 6.07 Å². The van der Waals surface area contributed by atoms with Crippen molar-refractivity contribution in [3.05, 3.63) is 53.4 Å². The van der Waals surface area contributed by atoms with E-state index in [0.717, 1.165) is 27.9 Å². The number of hydrogen-bond donors (Lipinski definition) is 0. The second-order valence-corrected chi connectivity index (χ2v) is 4.88. The van der Waals surface area contributed by atoms with E-state index in [-0.39, 0.29) is 12.1 Å². The number of amides is 1. The van der Waals surface area contributed by atoms with Gasteiger partial charge in [0.05, 0.1) is 0 Å². The van der Waals surface area contributed by atoms with Gasteiger partial charge in [-0.1, -0.05) is 6.07 Å². The molecule has 0 spiro atoms. The first kappa shape index (κ1) is 16.9. The summed E-state index contributed by atoms with van der Waals surface area (Å²) in [5.74, 6) is -2.11. The lowest BCUT2D eigenvalue weighted by Crippen LogP contribution is -2.30. The van der Waals surface area contributed by atoms with Crippen LogP contribution in [0.3, 0.4) is 0 Å². The molecule has 1 amide bonds. The van der Waals surface area contributed by atoms with Crippen molar-refractivity contribution in [3.8, 4) is 0 Å². The molecular formula is C14H12F5N3O. The van der Waals surface area contributed by atoms with Crippen molar-refractivity contribution < 1.29 is 26.7 Å². The highest BCUT2D eigenvalue weighted by Gasteiger charge is 2.33. The van der Waals surface area contributed by atoms with Crippen LogP contribution >= 0.6 is 0 Å². The minimum atomic E-state index is -4.59. The summed E-state index contributed by atoms with van der Waals surface area (Å²) in [5.41, 5.74) is -1.00. The van der Waals surface area contributed by atoms with Gasteiger partial charge >= 0.3 is 6.18 Å². The normalized spacial score (nSPS) is 11.6. The minimum absolute atomic E-state index is 0.0960. The molecule has 124 valence electrons. The van der Waals surface area contributed by atoms with Gasteiger partial charge in [-0.15, -0.1) is 0 Å². The molecule has 0 N–H and O–H groups in total. The van der Waals surface area contributed by atoms with E-state index in [9.17, 15) is 26.7 Å². The lowest BCUT2D eigenvalue weighted by Gasteiger charge is -2.17. The fourth-order valence-corrected chi connectivity index (χ4v) is 1.85. The molecule has 0 unspecified atom stereocenters. The molecule has 2 rings (SSSR count).